The number of carboxylic acid groups (broad SMARTS) is 1. The second kappa shape index (κ2) is 6.44. The topological polar surface area (TPSA) is 87.7 Å². The lowest BCUT2D eigenvalue weighted by Crippen LogP contribution is -2.52. The van der Waals surface area contributed by atoms with Gasteiger partial charge in [-0.25, -0.2) is 9.59 Å². The molecule has 1 saturated heterocycles. The minimum absolute atomic E-state index is 0.0320. The van der Waals surface area contributed by atoms with E-state index >= 15 is 0 Å². The molecule has 114 valence electrons. The minimum atomic E-state index is -1.10. The summed E-state index contributed by atoms with van der Waals surface area (Å²) in [6, 6.07) is 4.23. The number of aromatic carboxylic acids is 1. The summed E-state index contributed by atoms with van der Waals surface area (Å²) >= 11 is 3.21. The Bertz CT molecular complexity index is 556. The van der Waals surface area contributed by atoms with Crippen molar-refractivity contribution in [2.75, 3.05) is 18.5 Å². The Morgan fingerprint density at radius 2 is 2.19 bits per heavy atom. The highest BCUT2D eigenvalue weighted by Crippen LogP contribution is 2.22. The van der Waals surface area contributed by atoms with Crippen LogP contribution in [0.3, 0.4) is 0 Å². The number of carboxylic acids is 1. The quantitative estimate of drug-likeness (QED) is 0.776. The number of hydrogen-bond acceptors (Lipinski definition) is 3. The first-order valence-electron chi connectivity index (χ1n) is 6.59. The summed E-state index contributed by atoms with van der Waals surface area (Å²) in [7, 11) is 0. The van der Waals surface area contributed by atoms with Crippen molar-refractivity contribution in [3.05, 3.63) is 28.2 Å². The van der Waals surface area contributed by atoms with Gasteiger partial charge in [0.1, 0.15) is 0 Å². The Morgan fingerprint density at radius 1 is 1.43 bits per heavy atom. The van der Waals surface area contributed by atoms with Gasteiger partial charge in [-0.2, -0.15) is 0 Å². The van der Waals surface area contributed by atoms with Gasteiger partial charge in [-0.05, 0) is 38.0 Å². The molecule has 2 rings (SSSR count). The number of halogens is 1. The van der Waals surface area contributed by atoms with Gasteiger partial charge in [0.05, 0.1) is 23.4 Å². The van der Waals surface area contributed by atoms with Crippen molar-refractivity contribution in [2.24, 2.45) is 0 Å². The summed E-state index contributed by atoms with van der Waals surface area (Å²) in [6.45, 7) is 3.06. The van der Waals surface area contributed by atoms with Crippen molar-refractivity contribution in [3.63, 3.8) is 0 Å². The van der Waals surface area contributed by atoms with Gasteiger partial charge in [-0.15, -0.1) is 0 Å². The number of rotatable bonds is 3. The van der Waals surface area contributed by atoms with Crippen LogP contribution in [-0.4, -0.2) is 35.9 Å². The number of hydrogen-bond donors (Lipinski definition) is 3. The van der Waals surface area contributed by atoms with Crippen LogP contribution in [0.4, 0.5) is 10.5 Å². The molecule has 1 heterocycles. The van der Waals surface area contributed by atoms with Crippen molar-refractivity contribution < 1.29 is 19.4 Å². The second-order valence-corrected chi connectivity index (χ2v) is 6.21. The number of benzene rings is 1. The number of nitrogens with one attached hydrogen (secondary N) is 2. The molecule has 2 amide bonds. The largest absolute Gasteiger partial charge is 0.478 e. The fraction of sp³-hybridized carbons (Fsp3) is 0.429. The van der Waals surface area contributed by atoms with Crippen LogP contribution in [-0.2, 0) is 4.74 Å². The van der Waals surface area contributed by atoms with Crippen LogP contribution < -0.4 is 10.6 Å². The molecule has 1 aromatic carbocycles. The van der Waals surface area contributed by atoms with Crippen LogP contribution in [0.1, 0.15) is 30.1 Å². The maximum absolute atomic E-state index is 12.1. The van der Waals surface area contributed by atoms with Gasteiger partial charge in [-0.3, -0.25) is 0 Å². The fourth-order valence-electron chi connectivity index (χ4n) is 2.26. The molecule has 6 nitrogen and oxygen atoms in total. The fourth-order valence-corrected chi connectivity index (χ4v) is 2.62. The second-order valence-electron chi connectivity index (χ2n) is 5.29. The van der Waals surface area contributed by atoms with Crippen molar-refractivity contribution >= 4 is 33.6 Å². The monoisotopic (exact) mass is 356 g/mol. The Kier molecular flexibility index (Phi) is 4.84. The average molecular weight is 357 g/mol. The van der Waals surface area contributed by atoms with Crippen LogP contribution in [0, 0.1) is 0 Å². The third-order valence-corrected chi connectivity index (χ3v) is 3.81. The molecule has 0 aromatic heterocycles. The Labute approximate surface area is 131 Å². The van der Waals surface area contributed by atoms with E-state index in [0.29, 0.717) is 17.7 Å². The minimum Gasteiger partial charge on any atom is -0.478 e. The van der Waals surface area contributed by atoms with Crippen LogP contribution in [0.25, 0.3) is 0 Å². The van der Waals surface area contributed by atoms with E-state index in [0.717, 1.165) is 12.8 Å². The Hall–Kier alpha value is -1.60. The molecule has 1 fully saturated rings. The standard InChI is InChI=1S/C14H17BrN2O4/c1-14(5-2-6-21-8-14)17-13(20)16-11-4-3-9(15)7-10(11)12(18)19/h3-4,7H,2,5-6,8H2,1H3,(H,18,19)(H2,16,17,20). The third kappa shape index (κ3) is 4.18. The van der Waals surface area contributed by atoms with Crippen LogP contribution >= 0.6 is 15.9 Å². The van der Waals surface area contributed by atoms with E-state index < -0.39 is 17.5 Å². The highest BCUT2D eigenvalue weighted by atomic mass is 79.9. The molecule has 0 saturated carbocycles. The number of amides is 2. The molecule has 0 radical (unpaired) electrons. The maximum Gasteiger partial charge on any atom is 0.337 e. The number of urea groups is 1. The predicted octanol–water partition coefficient (Wildman–Crippen LogP) is 2.84. The van der Waals surface area contributed by atoms with E-state index in [1.165, 1.54) is 6.07 Å². The molecule has 21 heavy (non-hydrogen) atoms. The lowest BCUT2D eigenvalue weighted by atomic mass is 9.95. The highest BCUT2D eigenvalue weighted by Gasteiger charge is 2.29. The van der Waals surface area contributed by atoms with Crippen LogP contribution in [0.5, 0.6) is 0 Å². The highest BCUT2D eigenvalue weighted by molar-refractivity contribution is 9.10. The first-order chi connectivity index (χ1) is 9.89. The van der Waals surface area contributed by atoms with E-state index in [-0.39, 0.29) is 11.3 Å². The molecule has 1 aliphatic rings. The van der Waals surface area contributed by atoms with Gasteiger partial charge in [-0.1, -0.05) is 15.9 Å². The lowest BCUT2D eigenvalue weighted by molar-refractivity contribution is 0.0342. The van der Waals surface area contributed by atoms with E-state index in [9.17, 15) is 9.59 Å². The smallest absolute Gasteiger partial charge is 0.337 e. The zero-order chi connectivity index (χ0) is 15.5. The van der Waals surface area contributed by atoms with Crippen molar-refractivity contribution in [1.82, 2.24) is 5.32 Å². The summed E-state index contributed by atoms with van der Waals surface area (Å²) < 4.78 is 6.01. The molecule has 1 aliphatic heterocycles. The first-order valence-corrected chi connectivity index (χ1v) is 7.39. The summed E-state index contributed by atoms with van der Waals surface area (Å²) in [5, 5.41) is 14.6. The van der Waals surface area contributed by atoms with Gasteiger partial charge in [0.2, 0.25) is 0 Å². The molecule has 0 aliphatic carbocycles. The third-order valence-electron chi connectivity index (χ3n) is 3.31. The molecule has 1 aromatic rings. The van der Waals surface area contributed by atoms with E-state index in [2.05, 4.69) is 26.6 Å². The summed E-state index contributed by atoms with van der Waals surface area (Å²) in [5.41, 5.74) is -0.144. The predicted molar refractivity (Wildman–Crippen MR) is 81.7 cm³/mol. The average Bonchev–Trinajstić information content (AvgIpc) is 2.40. The van der Waals surface area contributed by atoms with E-state index in [4.69, 9.17) is 9.84 Å². The van der Waals surface area contributed by atoms with Crippen molar-refractivity contribution in [1.29, 1.82) is 0 Å². The Morgan fingerprint density at radius 3 is 2.81 bits per heavy atom. The number of carbonyl (C=O) groups is 2. The SMILES string of the molecule is CC1(NC(=O)Nc2ccc(Br)cc2C(=O)O)CCCOC1. The molecule has 7 heteroatoms. The van der Waals surface area contributed by atoms with Crippen molar-refractivity contribution in [2.45, 2.75) is 25.3 Å². The van der Waals surface area contributed by atoms with Crippen LogP contribution in [0.2, 0.25) is 0 Å². The van der Waals surface area contributed by atoms with Gasteiger partial charge in [0, 0.05) is 11.1 Å². The molecule has 3 N–H and O–H groups in total. The summed E-state index contributed by atoms with van der Waals surface area (Å²) in [5.74, 6) is -1.10. The van der Waals surface area contributed by atoms with Gasteiger partial charge >= 0.3 is 12.0 Å². The maximum atomic E-state index is 12.1. The molecule has 1 atom stereocenters. The normalized spacial score (nSPS) is 21.6. The summed E-state index contributed by atoms with van der Waals surface area (Å²) in [6.07, 6.45) is 1.71. The molecule has 0 spiro atoms. The molecule has 1 unspecified atom stereocenters. The van der Waals surface area contributed by atoms with E-state index in [1.807, 2.05) is 6.92 Å². The summed E-state index contributed by atoms with van der Waals surface area (Å²) in [4.78, 5) is 23.3. The zero-order valence-electron chi connectivity index (χ0n) is 11.6. The zero-order valence-corrected chi connectivity index (χ0v) is 13.2. The number of carbonyl (C=O) groups excluding carboxylic acids is 1. The van der Waals surface area contributed by atoms with Crippen LogP contribution in [0.15, 0.2) is 22.7 Å². The van der Waals surface area contributed by atoms with Gasteiger partial charge in [0.15, 0.2) is 0 Å². The first kappa shape index (κ1) is 15.8. The van der Waals surface area contributed by atoms with E-state index in [1.54, 1.807) is 12.1 Å². The lowest BCUT2D eigenvalue weighted by Gasteiger charge is -2.34. The van der Waals surface area contributed by atoms with Gasteiger partial charge < -0.3 is 20.5 Å². The van der Waals surface area contributed by atoms with Gasteiger partial charge in [0.25, 0.3) is 0 Å². The molecular formula is C14H17BrN2O4. The number of anilines is 1. The van der Waals surface area contributed by atoms with Crippen molar-refractivity contribution in [3.8, 4) is 0 Å². The molecular weight excluding hydrogens is 340 g/mol. The number of ether oxygens (including phenoxy) is 1. The Balaban J connectivity index is 2.07. The molecule has 0 bridgehead atoms.